The van der Waals surface area contributed by atoms with Gasteiger partial charge in [-0.1, -0.05) is 28.1 Å². The van der Waals surface area contributed by atoms with Crippen molar-refractivity contribution in [2.45, 2.75) is 13.0 Å². The lowest BCUT2D eigenvalue weighted by molar-refractivity contribution is 0.0767. The van der Waals surface area contributed by atoms with Crippen LogP contribution in [0.5, 0.6) is 0 Å². The summed E-state index contributed by atoms with van der Waals surface area (Å²) in [6, 6.07) is 6.77. The lowest BCUT2D eigenvalue weighted by Crippen LogP contribution is -2.34. The fraction of sp³-hybridized carbons (Fsp3) is 0.455. The number of hydrogen-bond donors (Lipinski definition) is 1. The van der Waals surface area contributed by atoms with Crippen LogP contribution in [0, 0.1) is 6.92 Å². The molecule has 0 unspecified atom stereocenters. The molecule has 1 heterocycles. The highest BCUT2D eigenvalue weighted by Crippen LogP contribution is 2.25. The Morgan fingerprint density at radius 2 is 2.27 bits per heavy atom. The number of hydrogen-bond acceptors (Lipinski definition) is 2. The Balaban J connectivity index is 0.00000112. The molecule has 1 aromatic rings. The average molecular weight is 293 g/mol. The van der Waals surface area contributed by atoms with Gasteiger partial charge >= 0.3 is 0 Å². The molecule has 84 valence electrons. The van der Waals surface area contributed by atoms with E-state index >= 15 is 0 Å². The van der Waals surface area contributed by atoms with E-state index in [2.05, 4.69) is 46.4 Å². The number of morpholine rings is 1. The van der Waals surface area contributed by atoms with Crippen molar-refractivity contribution in [1.82, 2.24) is 5.32 Å². The second-order valence-electron chi connectivity index (χ2n) is 3.61. The minimum atomic E-state index is 0. The van der Waals surface area contributed by atoms with Crippen molar-refractivity contribution in [3.63, 3.8) is 0 Å². The monoisotopic (exact) mass is 291 g/mol. The summed E-state index contributed by atoms with van der Waals surface area (Å²) in [4.78, 5) is 0. The fourth-order valence-corrected chi connectivity index (χ4v) is 2.45. The third-order valence-corrected chi connectivity index (χ3v) is 3.14. The second-order valence-corrected chi connectivity index (χ2v) is 4.46. The molecule has 1 atom stereocenters. The molecule has 1 aliphatic heterocycles. The molecule has 0 aliphatic carbocycles. The van der Waals surface area contributed by atoms with E-state index in [1.54, 1.807) is 0 Å². The van der Waals surface area contributed by atoms with Gasteiger partial charge in [-0.25, -0.2) is 0 Å². The van der Waals surface area contributed by atoms with Gasteiger partial charge in [0.05, 0.1) is 19.3 Å². The average Bonchev–Trinajstić information content (AvgIpc) is 2.19. The Labute approximate surface area is 105 Å². The molecule has 2 nitrogen and oxygen atoms in total. The molecular formula is C11H15BrClNO. The molecule has 0 aromatic heterocycles. The number of halogens is 2. The van der Waals surface area contributed by atoms with Gasteiger partial charge in [0.25, 0.3) is 0 Å². The minimum Gasteiger partial charge on any atom is -0.378 e. The van der Waals surface area contributed by atoms with E-state index in [1.165, 1.54) is 15.6 Å². The quantitative estimate of drug-likeness (QED) is 0.859. The third-order valence-electron chi connectivity index (χ3n) is 2.45. The van der Waals surface area contributed by atoms with Crippen LogP contribution in [0.3, 0.4) is 0 Å². The fourth-order valence-electron chi connectivity index (χ4n) is 1.68. The highest BCUT2D eigenvalue weighted by atomic mass is 79.9. The van der Waals surface area contributed by atoms with Gasteiger partial charge in [0, 0.05) is 11.0 Å². The van der Waals surface area contributed by atoms with Gasteiger partial charge in [0.1, 0.15) is 0 Å². The summed E-state index contributed by atoms with van der Waals surface area (Å²) in [5, 5.41) is 3.44. The van der Waals surface area contributed by atoms with Crippen LogP contribution in [0.1, 0.15) is 17.2 Å². The molecule has 1 aromatic carbocycles. The molecule has 1 fully saturated rings. The molecule has 1 saturated heterocycles. The zero-order valence-corrected chi connectivity index (χ0v) is 11.0. The van der Waals surface area contributed by atoms with Crippen molar-refractivity contribution in [1.29, 1.82) is 0 Å². The predicted octanol–water partition coefficient (Wildman–Crippen LogP) is 2.84. The molecule has 15 heavy (non-hydrogen) atoms. The first kappa shape index (κ1) is 13.0. The number of ether oxygens (including phenoxy) is 1. The van der Waals surface area contributed by atoms with E-state index in [-0.39, 0.29) is 12.4 Å². The van der Waals surface area contributed by atoms with Crippen LogP contribution in [0.15, 0.2) is 22.7 Å². The summed E-state index contributed by atoms with van der Waals surface area (Å²) in [7, 11) is 0. The highest BCUT2D eigenvalue weighted by Gasteiger charge is 2.17. The molecule has 0 spiro atoms. The maximum Gasteiger partial charge on any atom is 0.0662 e. The lowest BCUT2D eigenvalue weighted by atomic mass is 10.1. The van der Waals surface area contributed by atoms with Gasteiger partial charge in [-0.3, -0.25) is 0 Å². The summed E-state index contributed by atoms with van der Waals surface area (Å²) in [5.41, 5.74) is 2.56. The van der Waals surface area contributed by atoms with E-state index < -0.39 is 0 Å². The van der Waals surface area contributed by atoms with Crippen LogP contribution in [0.4, 0.5) is 0 Å². The summed E-state index contributed by atoms with van der Waals surface area (Å²) >= 11 is 3.59. The molecule has 4 heteroatoms. The molecule has 2 rings (SSSR count). The first-order valence-corrected chi connectivity index (χ1v) is 5.64. The Bertz CT molecular complexity index is 326. The lowest BCUT2D eigenvalue weighted by Gasteiger charge is -2.25. The van der Waals surface area contributed by atoms with Gasteiger partial charge in [0.2, 0.25) is 0 Å². The van der Waals surface area contributed by atoms with Gasteiger partial charge < -0.3 is 10.1 Å². The standard InChI is InChI=1S/C11H14BrNO.ClH/c1-8-2-3-9(10(12)6-8)11-7-14-5-4-13-11;/h2-3,6,11,13H,4-5,7H2,1H3;1H/t11-;/m1./s1. The summed E-state index contributed by atoms with van der Waals surface area (Å²) in [6.07, 6.45) is 0. The van der Waals surface area contributed by atoms with E-state index in [1.807, 2.05) is 0 Å². The first-order chi connectivity index (χ1) is 6.77. The molecule has 0 saturated carbocycles. The largest absolute Gasteiger partial charge is 0.378 e. The Kier molecular flexibility index (Phi) is 5.06. The molecular weight excluding hydrogens is 277 g/mol. The third kappa shape index (κ3) is 3.18. The van der Waals surface area contributed by atoms with Crippen molar-refractivity contribution in [2.24, 2.45) is 0 Å². The van der Waals surface area contributed by atoms with Crippen molar-refractivity contribution >= 4 is 28.3 Å². The van der Waals surface area contributed by atoms with Gasteiger partial charge in [-0.05, 0) is 24.1 Å². The summed E-state index contributed by atoms with van der Waals surface area (Å²) < 4.78 is 6.61. The molecule has 0 bridgehead atoms. The van der Waals surface area contributed by atoms with E-state index in [0.717, 1.165) is 19.8 Å². The zero-order valence-electron chi connectivity index (χ0n) is 8.63. The van der Waals surface area contributed by atoms with Crippen LogP contribution in [0.25, 0.3) is 0 Å². The molecule has 1 N–H and O–H groups in total. The van der Waals surface area contributed by atoms with Crippen LogP contribution in [-0.4, -0.2) is 19.8 Å². The smallest absolute Gasteiger partial charge is 0.0662 e. The summed E-state index contributed by atoms with van der Waals surface area (Å²) in [6.45, 7) is 4.62. The Morgan fingerprint density at radius 3 is 2.87 bits per heavy atom. The van der Waals surface area contributed by atoms with Crippen LogP contribution >= 0.6 is 28.3 Å². The Morgan fingerprint density at radius 1 is 1.47 bits per heavy atom. The van der Waals surface area contributed by atoms with E-state index in [4.69, 9.17) is 4.74 Å². The van der Waals surface area contributed by atoms with E-state index in [9.17, 15) is 0 Å². The second kappa shape index (κ2) is 5.85. The summed E-state index contributed by atoms with van der Waals surface area (Å²) in [5.74, 6) is 0. The van der Waals surface area contributed by atoms with Crippen LogP contribution < -0.4 is 5.32 Å². The van der Waals surface area contributed by atoms with Crippen molar-refractivity contribution in [3.05, 3.63) is 33.8 Å². The van der Waals surface area contributed by atoms with Crippen molar-refractivity contribution < 1.29 is 4.74 Å². The van der Waals surface area contributed by atoms with Crippen molar-refractivity contribution in [2.75, 3.05) is 19.8 Å². The molecule has 0 amide bonds. The van der Waals surface area contributed by atoms with Crippen molar-refractivity contribution in [3.8, 4) is 0 Å². The number of rotatable bonds is 1. The number of benzene rings is 1. The maximum absolute atomic E-state index is 5.44. The first-order valence-electron chi connectivity index (χ1n) is 4.84. The number of aryl methyl sites for hydroxylation is 1. The Hall–Kier alpha value is -0.0900. The molecule has 0 radical (unpaired) electrons. The minimum absolute atomic E-state index is 0. The normalized spacial score (nSPS) is 20.8. The van der Waals surface area contributed by atoms with Gasteiger partial charge in [-0.15, -0.1) is 12.4 Å². The number of nitrogens with one attached hydrogen (secondary N) is 1. The SMILES string of the molecule is Cc1ccc([C@H]2COCCN2)c(Br)c1.Cl. The maximum atomic E-state index is 5.44. The topological polar surface area (TPSA) is 21.3 Å². The predicted molar refractivity (Wildman–Crippen MR) is 67.7 cm³/mol. The van der Waals surface area contributed by atoms with Gasteiger partial charge in [-0.2, -0.15) is 0 Å². The highest BCUT2D eigenvalue weighted by molar-refractivity contribution is 9.10. The van der Waals surface area contributed by atoms with Crippen LogP contribution in [-0.2, 0) is 4.74 Å². The van der Waals surface area contributed by atoms with Crippen LogP contribution in [0.2, 0.25) is 0 Å². The van der Waals surface area contributed by atoms with Gasteiger partial charge in [0.15, 0.2) is 0 Å². The zero-order chi connectivity index (χ0) is 9.97. The van der Waals surface area contributed by atoms with E-state index in [0.29, 0.717) is 6.04 Å². The molecule has 1 aliphatic rings.